The molecule has 0 saturated carbocycles. The molecule has 0 aromatic heterocycles. The van der Waals surface area contributed by atoms with E-state index in [-0.39, 0.29) is 35.4 Å². The van der Waals surface area contributed by atoms with E-state index in [1.807, 2.05) is 68.5 Å². The number of hydrogen-bond donors (Lipinski definition) is 3. The fraction of sp³-hybridized carbons (Fsp3) is 1.00. The van der Waals surface area contributed by atoms with Crippen LogP contribution >= 0.6 is 37.2 Å². The van der Waals surface area contributed by atoms with Crippen molar-refractivity contribution in [2.24, 2.45) is 0 Å². The Morgan fingerprint density at radius 2 is 0.806 bits per heavy atom. The summed E-state index contributed by atoms with van der Waals surface area (Å²) < 4.78 is 38.0. The molecule has 0 saturated heterocycles. The SMILES string of the molecule is CC(C)O[Si](C)(OC(C)C)O[Si](C)(OC(C)C)O[Si](C)(OC(C)C)C(C)C.C[Si](O)(O)O.I[I-]I.O. The third kappa shape index (κ3) is 28.2. The Kier molecular flexibility index (Phi) is 27.1. The van der Waals surface area contributed by atoms with Gasteiger partial charge in [0.15, 0.2) is 0 Å². The minimum Gasteiger partial charge on any atom is -0.412 e. The molecule has 0 aliphatic carbocycles. The van der Waals surface area contributed by atoms with E-state index in [9.17, 15) is 0 Å². The van der Waals surface area contributed by atoms with Crippen LogP contribution in [-0.4, -0.2) is 79.3 Å². The van der Waals surface area contributed by atoms with Crippen LogP contribution in [-0.2, 0) is 25.9 Å². The molecule has 2 unspecified atom stereocenters. The van der Waals surface area contributed by atoms with Gasteiger partial charge in [0.25, 0.3) is 0 Å². The molecule has 0 aliphatic heterocycles. The average Bonchev–Trinajstić information content (AvgIpc) is 2.48. The van der Waals surface area contributed by atoms with E-state index >= 15 is 0 Å². The molecule has 0 aromatic carbocycles. The Bertz CT molecular complexity index is 530. The van der Waals surface area contributed by atoms with Crippen molar-refractivity contribution in [3.05, 3.63) is 0 Å². The van der Waals surface area contributed by atoms with E-state index in [1.54, 1.807) is 0 Å². The summed E-state index contributed by atoms with van der Waals surface area (Å²) in [7, 11) is -12.2. The van der Waals surface area contributed by atoms with Crippen LogP contribution in [0, 0.1) is 0 Å². The topological polar surface area (TPSA) is 148 Å². The summed E-state index contributed by atoms with van der Waals surface area (Å²) in [5.41, 5.74) is 0.246. The summed E-state index contributed by atoms with van der Waals surface area (Å²) in [6.45, 7) is 27.2. The van der Waals surface area contributed by atoms with Crippen LogP contribution in [0.1, 0.15) is 69.2 Å². The summed E-state index contributed by atoms with van der Waals surface area (Å²) in [5.74, 6) is 0. The molecular weight excluding hydrogens is 881 g/mol. The summed E-state index contributed by atoms with van der Waals surface area (Å²) in [6.07, 6.45) is 0.00279. The fourth-order valence-corrected chi connectivity index (χ4v) is 14.8. The maximum absolute atomic E-state index is 7.77. The molecule has 0 fully saturated rings. The van der Waals surface area contributed by atoms with Crippen LogP contribution in [0.15, 0.2) is 0 Å². The largest absolute Gasteiger partial charge is 0.412 e. The van der Waals surface area contributed by atoms with Gasteiger partial charge < -0.3 is 45.8 Å². The van der Waals surface area contributed by atoms with Crippen molar-refractivity contribution in [1.29, 1.82) is 0 Å². The van der Waals surface area contributed by atoms with Crippen LogP contribution in [0.3, 0.4) is 0 Å². The van der Waals surface area contributed by atoms with Crippen molar-refractivity contribution in [3.63, 3.8) is 0 Å². The van der Waals surface area contributed by atoms with Gasteiger partial charge in [-0.2, -0.15) is 0 Å². The summed E-state index contributed by atoms with van der Waals surface area (Å²) in [5, 5.41) is 0. The van der Waals surface area contributed by atoms with Crippen LogP contribution in [0.4, 0.5) is 0 Å². The third-order valence-electron chi connectivity index (χ3n) is 3.63. The Labute approximate surface area is 254 Å². The molecule has 0 rings (SSSR count). The van der Waals surface area contributed by atoms with Gasteiger partial charge in [-0.25, -0.2) is 0 Å². The predicted octanol–water partition coefficient (Wildman–Crippen LogP) is 1.82. The van der Waals surface area contributed by atoms with Crippen molar-refractivity contribution in [3.8, 4) is 0 Å². The first-order valence-electron chi connectivity index (χ1n) is 11.6. The molecule has 10 nitrogen and oxygen atoms in total. The van der Waals surface area contributed by atoms with Crippen LogP contribution in [0.25, 0.3) is 0 Å². The van der Waals surface area contributed by atoms with Crippen LogP contribution in [0.5, 0.6) is 0 Å². The molecule has 17 heteroatoms. The van der Waals surface area contributed by atoms with Gasteiger partial charge >= 0.3 is 85.5 Å². The van der Waals surface area contributed by atoms with Crippen molar-refractivity contribution < 1.29 is 59.1 Å². The Hall–Kier alpha value is 2.66. The maximum atomic E-state index is 7.77. The van der Waals surface area contributed by atoms with Crippen molar-refractivity contribution in [2.75, 3.05) is 0 Å². The first kappa shape index (κ1) is 45.6. The standard InChI is InChI=1S/C18H44O6Si3.CH6O3Si.I3.H2O/c1-14(2)19-25(11,18(9)10)23-27(13,22-17(7)8)24-26(12,20-15(3)4)21-16(5)6;1-5(2,3)4;1-3-2;/h14-18H,1-13H3;2-4H,1H3;;1H2/q;;-1;. The number of hydrogen-bond acceptors (Lipinski definition) is 9. The minimum atomic E-state index is -3.61. The zero-order valence-electron chi connectivity index (χ0n) is 24.3. The van der Waals surface area contributed by atoms with Crippen molar-refractivity contribution >= 4 is 72.2 Å². The monoisotopic (exact) mass is 933 g/mol. The molecule has 36 heavy (non-hydrogen) atoms. The molecule has 0 aliphatic rings. The molecule has 0 bridgehead atoms. The summed E-state index contributed by atoms with van der Waals surface area (Å²) in [6, 6.07) is 0. The first-order valence-corrected chi connectivity index (χ1v) is 33.4. The van der Waals surface area contributed by atoms with Gasteiger partial charge in [0, 0.05) is 44.1 Å². The Morgan fingerprint density at radius 1 is 0.556 bits per heavy atom. The van der Waals surface area contributed by atoms with Crippen LogP contribution in [0.2, 0.25) is 31.7 Å². The van der Waals surface area contributed by atoms with E-state index in [0.29, 0.717) is 13.3 Å². The zero-order valence-corrected chi connectivity index (χ0v) is 34.8. The van der Waals surface area contributed by atoms with Gasteiger partial charge in [0.05, 0.1) is 0 Å². The number of rotatable bonds is 13. The van der Waals surface area contributed by atoms with Crippen LogP contribution < -0.4 is 13.3 Å². The second-order valence-electron chi connectivity index (χ2n) is 9.79. The molecule has 226 valence electrons. The Balaban J connectivity index is -0.000000493. The molecule has 2 atom stereocenters. The second kappa shape index (κ2) is 21.4. The molecule has 0 spiro atoms. The van der Waals surface area contributed by atoms with Gasteiger partial charge in [0.1, 0.15) is 0 Å². The van der Waals surface area contributed by atoms with Gasteiger partial charge in [-0.3, -0.25) is 0 Å². The predicted molar refractivity (Wildman–Crippen MR) is 167 cm³/mol. The molecule has 0 amide bonds. The molecule has 0 radical (unpaired) electrons. The molecular formula is C19H52I3O10Si4-. The smallest absolute Gasteiger partial charge is 0.412 e. The van der Waals surface area contributed by atoms with E-state index < -0.39 is 35.0 Å². The number of halogens is 3. The maximum Gasteiger partial charge on any atom is -0.412 e. The molecule has 0 aromatic rings. The average molecular weight is 934 g/mol. The molecule has 0 heterocycles. The van der Waals surface area contributed by atoms with E-state index in [4.69, 9.17) is 40.3 Å². The minimum absolute atomic E-state index is 0. The summed E-state index contributed by atoms with van der Waals surface area (Å²) in [4.78, 5) is 23.3. The third-order valence-corrected chi connectivity index (χ3v) is 15.4. The Morgan fingerprint density at radius 3 is 1.03 bits per heavy atom. The van der Waals surface area contributed by atoms with Gasteiger partial charge in [-0.05, 0) is 67.5 Å². The first-order chi connectivity index (χ1) is 15.4. The van der Waals surface area contributed by atoms with Crippen molar-refractivity contribution in [2.45, 2.75) is 125 Å². The van der Waals surface area contributed by atoms with Gasteiger partial charge in [-0.1, -0.05) is 13.8 Å². The fourth-order valence-electron chi connectivity index (χ4n) is 2.88. The summed E-state index contributed by atoms with van der Waals surface area (Å²) >= 11 is 5.30. The normalized spacial score (nSPS) is 15.8. The van der Waals surface area contributed by atoms with E-state index in [2.05, 4.69) is 57.6 Å². The van der Waals surface area contributed by atoms with Gasteiger partial charge in [0.2, 0.25) is 0 Å². The quantitative estimate of drug-likeness (QED) is 0.186. The second-order valence-corrected chi connectivity index (χ2v) is 37.2. The zero-order chi connectivity index (χ0) is 28.8. The van der Waals surface area contributed by atoms with Gasteiger partial charge in [-0.15, -0.1) is 0 Å². The molecule has 5 N–H and O–H groups in total. The van der Waals surface area contributed by atoms with E-state index in [1.165, 1.54) is 0 Å². The van der Waals surface area contributed by atoms with E-state index in [0.717, 1.165) is 6.55 Å². The van der Waals surface area contributed by atoms with Crippen molar-refractivity contribution in [1.82, 2.24) is 0 Å².